The quantitative estimate of drug-likeness (QED) is 0.852. The van der Waals surface area contributed by atoms with Gasteiger partial charge in [-0.05, 0) is 48.6 Å². The van der Waals surface area contributed by atoms with E-state index in [9.17, 15) is 9.59 Å². The summed E-state index contributed by atoms with van der Waals surface area (Å²) in [6, 6.07) is 11.8. The van der Waals surface area contributed by atoms with E-state index < -0.39 is 6.09 Å². The molecule has 2 aliphatic heterocycles. The zero-order valence-electron chi connectivity index (χ0n) is 15.6. The first-order valence-electron chi connectivity index (χ1n) is 9.66. The summed E-state index contributed by atoms with van der Waals surface area (Å²) in [6.45, 7) is 2.54. The van der Waals surface area contributed by atoms with Crippen molar-refractivity contribution < 1.29 is 14.7 Å². The second kappa shape index (κ2) is 7.98. The number of hydrogen-bond donors (Lipinski definition) is 2. The molecule has 2 saturated heterocycles. The molecular formula is C21H24N4O3. The summed E-state index contributed by atoms with van der Waals surface area (Å²) in [5, 5.41) is 12.3. The normalized spacial score (nSPS) is 17.8. The van der Waals surface area contributed by atoms with Gasteiger partial charge in [0.25, 0.3) is 0 Å². The molecule has 1 aromatic heterocycles. The van der Waals surface area contributed by atoms with Gasteiger partial charge in [0.05, 0.1) is 17.8 Å². The molecule has 0 spiro atoms. The van der Waals surface area contributed by atoms with Crippen molar-refractivity contribution in [2.24, 2.45) is 5.92 Å². The third-order valence-electron chi connectivity index (χ3n) is 5.64. The molecule has 0 bridgehead atoms. The highest BCUT2D eigenvalue weighted by Crippen LogP contribution is 2.32. The Morgan fingerprint density at radius 3 is 2.32 bits per heavy atom. The molecule has 0 aliphatic carbocycles. The molecule has 2 aliphatic rings. The number of amides is 2. The molecule has 3 heterocycles. The Morgan fingerprint density at radius 1 is 1.07 bits per heavy atom. The Labute approximate surface area is 164 Å². The van der Waals surface area contributed by atoms with Gasteiger partial charge in [-0.1, -0.05) is 12.1 Å². The minimum atomic E-state index is -0.843. The monoisotopic (exact) mass is 380 g/mol. The van der Waals surface area contributed by atoms with E-state index >= 15 is 0 Å². The molecule has 146 valence electrons. The second-order valence-electron chi connectivity index (χ2n) is 7.38. The van der Waals surface area contributed by atoms with Gasteiger partial charge in [0.2, 0.25) is 5.91 Å². The van der Waals surface area contributed by atoms with E-state index in [1.54, 1.807) is 17.3 Å². The van der Waals surface area contributed by atoms with Crippen molar-refractivity contribution in [3.63, 3.8) is 0 Å². The zero-order chi connectivity index (χ0) is 19.5. The maximum atomic E-state index is 13.0. The molecule has 28 heavy (non-hydrogen) atoms. The number of carboxylic acid groups (broad SMARTS) is 1. The van der Waals surface area contributed by atoms with Crippen LogP contribution in [0.3, 0.4) is 0 Å². The average molecular weight is 380 g/mol. The van der Waals surface area contributed by atoms with E-state index in [0.29, 0.717) is 32.1 Å². The molecule has 2 aromatic rings. The van der Waals surface area contributed by atoms with Gasteiger partial charge in [0.1, 0.15) is 0 Å². The van der Waals surface area contributed by atoms with E-state index in [-0.39, 0.29) is 11.8 Å². The summed E-state index contributed by atoms with van der Waals surface area (Å²) >= 11 is 0. The number of anilines is 2. The van der Waals surface area contributed by atoms with Gasteiger partial charge in [-0.15, -0.1) is 0 Å². The van der Waals surface area contributed by atoms with Crippen LogP contribution in [0, 0.1) is 5.92 Å². The number of hydrogen-bond acceptors (Lipinski definition) is 4. The lowest BCUT2D eigenvalue weighted by atomic mass is 9.89. The minimum absolute atomic E-state index is 0.0137. The largest absolute Gasteiger partial charge is 0.465 e. The van der Waals surface area contributed by atoms with Crippen LogP contribution < -0.4 is 10.2 Å². The first kappa shape index (κ1) is 18.4. The summed E-state index contributed by atoms with van der Waals surface area (Å²) in [5.74, 6) is 0.414. The fourth-order valence-corrected chi connectivity index (χ4v) is 3.84. The Morgan fingerprint density at radius 2 is 1.79 bits per heavy atom. The first-order chi connectivity index (χ1) is 13.6. The number of piperidine rings is 1. The Kier molecular flexibility index (Phi) is 5.25. The van der Waals surface area contributed by atoms with Crippen molar-refractivity contribution in [2.45, 2.75) is 18.8 Å². The second-order valence-corrected chi connectivity index (χ2v) is 7.38. The number of rotatable bonds is 4. The van der Waals surface area contributed by atoms with Crippen LogP contribution in [0.2, 0.25) is 0 Å². The van der Waals surface area contributed by atoms with E-state index in [4.69, 9.17) is 5.11 Å². The molecule has 0 unspecified atom stereocenters. The van der Waals surface area contributed by atoms with Crippen LogP contribution >= 0.6 is 0 Å². The van der Waals surface area contributed by atoms with Crippen molar-refractivity contribution in [1.82, 2.24) is 15.2 Å². The number of carbonyl (C=O) groups excluding carboxylic acids is 1. The number of likely N-dealkylation sites (tertiary alicyclic amines) is 1. The number of nitrogens with zero attached hydrogens (tertiary/aromatic N) is 3. The van der Waals surface area contributed by atoms with Crippen LogP contribution in [0.5, 0.6) is 0 Å². The van der Waals surface area contributed by atoms with Crippen molar-refractivity contribution >= 4 is 23.4 Å². The highest BCUT2D eigenvalue weighted by molar-refractivity contribution is 6.02. The predicted octanol–water partition coefficient (Wildman–Crippen LogP) is 2.82. The molecule has 1 aromatic carbocycles. The van der Waals surface area contributed by atoms with E-state index in [0.717, 1.165) is 24.2 Å². The highest BCUT2D eigenvalue weighted by Gasteiger charge is 2.31. The molecule has 2 N–H and O–H groups in total. The predicted molar refractivity (Wildman–Crippen MR) is 106 cm³/mol. The van der Waals surface area contributed by atoms with Gasteiger partial charge in [-0.25, -0.2) is 4.79 Å². The van der Waals surface area contributed by atoms with Gasteiger partial charge in [0, 0.05) is 38.1 Å². The van der Waals surface area contributed by atoms with Crippen LogP contribution in [0.25, 0.3) is 0 Å². The maximum absolute atomic E-state index is 13.0. The van der Waals surface area contributed by atoms with Gasteiger partial charge in [-0.3, -0.25) is 14.7 Å². The Balaban J connectivity index is 1.53. The topological polar surface area (TPSA) is 85.8 Å². The van der Waals surface area contributed by atoms with E-state index in [1.165, 1.54) is 10.5 Å². The third-order valence-corrected chi connectivity index (χ3v) is 5.64. The van der Waals surface area contributed by atoms with E-state index in [1.807, 2.05) is 24.3 Å². The zero-order valence-corrected chi connectivity index (χ0v) is 15.6. The van der Waals surface area contributed by atoms with Crippen molar-refractivity contribution in [3.05, 3.63) is 54.4 Å². The SMILES string of the molecule is O=C(O)N1CCC(c2ccc(N(C(=O)C3CNC3)c3cccnc3)cc2)CC1. The molecule has 0 atom stereocenters. The molecule has 4 rings (SSSR count). The molecule has 0 radical (unpaired) electrons. The molecule has 7 heteroatoms. The Bertz CT molecular complexity index is 828. The smallest absolute Gasteiger partial charge is 0.407 e. The first-order valence-corrected chi connectivity index (χ1v) is 9.66. The number of pyridine rings is 1. The lowest BCUT2D eigenvalue weighted by Crippen LogP contribution is -2.51. The van der Waals surface area contributed by atoms with Crippen LogP contribution in [0.1, 0.15) is 24.3 Å². The van der Waals surface area contributed by atoms with Crippen molar-refractivity contribution in [2.75, 3.05) is 31.1 Å². The van der Waals surface area contributed by atoms with E-state index in [2.05, 4.69) is 22.4 Å². The summed E-state index contributed by atoms with van der Waals surface area (Å²) in [4.78, 5) is 31.5. The van der Waals surface area contributed by atoms with Crippen LogP contribution in [-0.4, -0.2) is 53.2 Å². The summed E-state index contributed by atoms with van der Waals surface area (Å²) in [6.07, 6.45) is 4.21. The maximum Gasteiger partial charge on any atom is 0.407 e. The third kappa shape index (κ3) is 3.71. The van der Waals surface area contributed by atoms with Gasteiger partial charge in [0.15, 0.2) is 0 Å². The van der Waals surface area contributed by atoms with Crippen molar-refractivity contribution in [1.29, 1.82) is 0 Å². The standard InChI is InChI=1S/C21H24N4O3/c26-20(17-12-23-13-17)25(19-2-1-9-22-14-19)18-5-3-15(4-6-18)16-7-10-24(11-8-16)21(27)28/h1-6,9,14,16-17,23H,7-8,10-13H2,(H,27,28). The molecule has 7 nitrogen and oxygen atoms in total. The van der Waals surface area contributed by atoms with Crippen LogP contribution in [-0.2, 0) is 4.79 Å². The van der Waals surface area contributed by atoms with Gasteiger partial charge >= 0.3 is 6.09 Å². The average Bonchev–Trinajstić information content (AvgIpc) is 2.68. The summed E-state index contributed by atoms with van der Waals surface area (Å²) in [7, 11) is 0. The van der Waals surface area contributed by atoms with Crippen molar-refractivity contribution in [3.8, 4) is 0 Å². The Hall–Kier alpha value is -2.93. The fourth-order valence-electron chi connectivity index (χ4n) is 3.84. The van der Waals surface area contributed by atoms with Gasteiger partial charge < -0.3 is 15.3 Å². The molecular weight excluding hydrogens is 356 g/mol. The molecule has 2 fully saturated rings. The lowest BCUT2D eigenvalue weighted by Gasteiger charge is -2.33. The highest BCUT2D eigenvalue weighted by atomic mass is 16.4. The number of nitrogens with one attached hydrogen (secondary N) is 1. The van der Waals surface area contributed by atoms with Crippen LogP contribution in [0.15, 0.2) is 48.8 Å². The summed E-state index contributed by atoms with van der Waals surface area (Å²) in [5.41, 5.74) is 2.79. The number of carbonyl (C=O) groups is 2. The lowest BCUT2D eigenvalue weighted by molar-refractivity contribution is -0.123. The minimum Gasteiger partial charge on any atom is -0.465 e. The van der Waals surface area contributed by atoms with Gasteiger partial charge in [-0.2, -0.15) is 0 Å². The number of aromatic nitrogens is 1. The van der Waals surface area contributed by atoms with Crippen LogP contribution in [0.4, 0.5) is 16.2 Å². The number of benzene rings is 1. The summed E-state index contributed by atoms with van der Waals surface area (Å²) < 4.78 is 0. The molecule has 0 saturated carbocycles. The molecule has 2 amide bonds. The fraction of sp³-hybridized carbons (Fsp3) is 0.381.